The molecule has 4 heteroatoms. The number of hydrogen-bond donors (Lipinski definition) is 1. The first-order chi connectivity index (χ1) is 7.14. The van der Waals surface area contributed by atoms with Gasteiger partial charge in [-0.1, -0.05) is 44.2 Å². The van der Waals surface area contributed by atoms with Gasteiger partial charge in [0.2, 0.25) is 0 Å². The Balaban J connectivity index is 3.05. The largest absolute Gasteiger partial charge is 0.695 e. The van der Waals surface area contributed by atoms with Gasteiger partial charge in [0.15, 0.2) is 5.60 Å². The van der Waals surface area contributed by atoms with E-state index >= 15 is 0 Å². The molecule has 1 rings (SSSR count). The minimum Gasteiger partial charge on any atom is -0.133 e. The second-order valence-electron chi connectivity index (χ2n) is 3.40. The second-order valence-corrected chi connectivity index (χ2v) is 4.05. The highest BCUT2D eigenvalue weighted by Gasteiger charge is 2.38. The maximum Gasteiger partial charge on any atom is 0.695 e. The van der Waals surface area contributed by atoms with E-state index in [1.165, 1.54) is 0 Å². The predicted molar refractivity (Wildman–Crippen MR) is 59.6 cm³/mol. The highest BCUT2D eigenvalue weighted by Crippen LogP contribution is 2.39. The Morgan fingerprint density at radius 1 is 1.27 bits per heavy atom. The average molecular weight is 227 g/mol. The second kappa shape index (κ2) is 5.36. The van der Waals surface area contributed by atoms with Crippen LogP contribution in [0.5, 0.6) is 0 Å². The molecule has 0 saturated heterocycles. The van der Waals surface area contributed by atoms with Gasteiger partial charge in [-0.15, -0.1) is 9.42 Å². The first-order valence-corrected chi connectivity index (χ1v) is 6.18. The third-order valence-corrected chi connectivity index (χ3v) is 3.20. The smallest absolute Gasteiger partial charge is 0.133 e. The van der Waals surface area contributed by atoms with Gasteiger partial charge in [-0.3, -0.25) is 0 Å². The molecule has 0 aromatic heterocycles. The summed E-state index contributed by atoms with van der Waals surface area (Å²) in [6.07, 6.45) is 1.35. The molecule has 1 aromatic carbocycles. The quantitative estimate of drug-likeness (QED) is 0.784. The third kappa shape index (κ3) is 2.85. The zero-order valence-corrected chi connectivity index (χ0v) is 9.91. The van der Waals surface area contributed by atoms with Crippen molar-refractivity contribution in [2.24, 2.45) is 0 Å². The maximum absolute atomic E-state index is 10.8. The van der Waals surface area contributed by atoms with Crippen LogP contribution in [0.15, 0.2) is 30.3 Å². The molecule has 0 spiro atoms. The molecule has 82 valence electrons. The Kier molecular flexibility index (Phi) is 4.40. The molecule has 1 aromatic rings. The van der Waals surface area contributed by atoms with E-state index in [-0.39, 0.29) is 0 Å². The molecule has 0 fully saturated rings. The SMILES string of the molecule is CCC(CC)(O[P+](=O)O)c1ccccc1. The zero-order valence-electron chi connectivity index (χ0n) is 9.01. The monoisotopic (exact) mass is 227 g/mol. The van der Waals surface area contributed by atoms with Gasteiger partial charge in [-0.05, 0) is 18.4 Å². The fourth-order valence-corrected chi connectivity index (χ4v) is 2.39. The molecule has 0 amide bonds. The molecule has 15 heavy (non-hydrogen) atoms. The Hall–Kier alpha value is -0.760. The van der Waals surface area contributed by atoms with E-state index in [9.17, 15) is 4.57 Å². The van der Waals surface area contributed by atoms with Crippen LogP contribution < -0.4 is 0 Å². The lowest BCUT2D eigenvalue weighted by molar-refractivity contribution is 0.0536. The molecule has 0 bridgehead atoms. The molecule has 1 unspecified atom stereocenters. The van der Waals surface area contributed by atoms with E-state index in [2.05, 4.69) is 0 Å². The van der Waals surface area contributed by atoms with E-state index in [1.807, 2.05) is 44.2 Å². The number of rotatable bonds is 5. The van der Waals surface area contributed by atoms with Gasteiger partial charge in [0.1, 0.15) is 0 Å². The highest BCUT2D eigenvalue weighted by atomic mass is 31.1. The van der Waals surface area contributed by atoms with Gasteiger partial charge in [0, 0.05) is 4.57 Å². The van der Waals surface area contributed by atoms with Crippen molar-refractivity contribution < 1.29 is 14.0 Å². The van der Waals surface area contributed by atoms with Crippen LogP contribution >= 0.6 is 8.25 Å². The third-order valence-electron chi connectivity index (χ3n) is 2.69. The Morgan fingerprint density at radius 3 is 2.20 bits per heavy atom. The van der Waals surface area contributed by atoms with Crippen molar-refractivity contribution in [1.82, 2.24) is 0 Å². The molecule has 0 saturated carbocycles. The molecule has 0 radical (unpaired) electrons. The minimum atomic E-state index is -2.57. The van der Waals surface area contributed by atoms with Crippen molar-refractivity contribution >= 4 is 8.25 Å². The van der Waals surface area contributed by atoms with Crippen LogP contribution in [0.3, 0.4) is 0 Å². The Labute approximate surface area is 91.0 Å². The molecule has 1 N–H and O–H groups in total. The summed E-state index contributed by atoms with van der Waals surface area (Å²) in [7, 11) is -2.57. The van der Waals surface area contributed by atoms with Gasteiger partial charge in [-0.2, -0.15) is 0 Å². The lowest BCUT2D eigenvalue weighted by Crippen LogP contribution is -2.25. The summed E-state index contributed by atoms with van der Waals surface area (Å²) >= 11 is 0. The van der Waals surface area contributed by atoms with E-state index in [1.54, 1.807) is 0 Å². The number of hydrogen-bond acceptors (Lipinski definition) is 2. The summed E-state index contributed by atoms with van der Waals surface area (Å²) in [6, 6.07) is 9.57. The van der Waals surface area contributed by atoms with Crippen LogP contribution in [0.1, 0.15) is 32.3 Å². The van der Waals surface area contributed by atoms with Gasteiger partial charge < -0.3 is 0 Å². The fourth-order valence-electron chi connectivity index (χ4n) is 1.73. The lowest BCUT2D eigenvalue weighted by atomic mass is 9.89. The fraction of sp³-hybridized carbons (Fsp3) is 0.455. The predicted octanol–water partition coefficient (Wildman–Crippen LogP) is 3.37. The summed E-state index contributed by atoms with van der Waals surface area (Å²) in [5, 5.41) is 0. The van der Waals surface area contributed by atoms with Crippen LogP contribution in [-0.4, -0.2) is 4.89 Å². The van der Waals surface area contributed by atoms with Crippen molar-refractivity contribution in [3.8, 4) is 0 Å². The van der Waals surface area contributed by atoms with Crippen LogP contribution in [-0.2, 0) is 14.7 Å². The minimum absolute atomic E-state index is 0.635. The topological polar surface area (TPSA) is 46.5 Å². The molecule has 3 nitrogen and oxygen atoms in total. The summed E-state index contributed by atoms with van der Waals surface area (Å²) in [4.78, 5) is 8.90. The first kappa shape index (κ1) is 12.3. The summed E-state index contributed by atoms with van der Waals surface area (Å²) in [5.41, 5.74) is 0.316. The molecule has 0 aliphatic rings. The zero-order chi connectivity index (χ0) is 11.3. The van der Waals surface area contributed by atoms with E-state index in [0.29, 0.717) is 12.8 Å². The van der Waals surface area contributed by atoms with Gasteiger partial charge >= 0.3 is 8.25 Å². The van der Waals surface area contributed by atoms with Crippen molar-refractivity contribution in [3.05, 3.63) is 35.9 Å². The summed E-state index contributed by atoms with van der Waals surface area (Å²) in [6.45, 7) is 3.91. The first-order valence-electron chi connectivity index (χ1n) is 5.05. The van der Waals surface area contributed by atoms with Crippen molar-refractivity contribution in [2.75, 3.05) is 0 Å². The van der Waals surface area contributed by atoms with Crippen LogP contribution in [0.25, 0.3) is 0 Å². The highest BCUT2D eigenvalue weighted by molar-refractivity contribution is 7.32. The normalized spacial score (nSPS) is 12.6. The van der Waals surface area contributed by atoms with E-state index < -0.39 is 13.9 Å². The number of benzene rings is 1. The Bertz CT molecular complexity index is 320. The van der Waals surface area contributed by atoms with E-state index in [4.69, 9.17) is 9.42 Å². The molecular weight excluding hydrogens is 211 g/mol. The lowest BCUT2D eigenvalue weighted by Gasteiger charge is -2.24. The summed E-state index contributed by atoms with van der Waals surface area (Å²) < 4.78 is 16.0. The Morgan fingerprint density at radius 2 is 1.80 bits per heavy atom. The van der Waals surface area contributed by atoms with Gasteiger partial charge in [0.05, 0.1) is 0 Å². The molecule has 0 aliphatic heterocycles. The van der Waals surface area contributed by atoms with Crippen molar-refractivity contribution in [3.63, 3.8) is 0 Å². The average Bonchev–Trinajstić information content (AvgIpc) is 2.27. The molecule has 0 aliphatic carbocycles. The standard InChI is InChI=1S/C11H15O3P/c1-3-11(4-2,14-15(12)13)10-8-6-5-7-9-10/h5-9H,3-4H2,1-2H3/p+1. The summed E-state index contributed by atoms with van der Waals surface area (Å²) in [5.74, 6) is 0. The van der Waals surface area contributed by atoms with Crippen LogP contribution in [0.2, 0.25) is 0 Å². The van der Waals surface area contributed by atoms with Crippen molar-refractivity contribution in [2.45, 2.75) is 32.3 Å². The molecule has 0 heterocycles. The maximum atomic E-state index is 10.8. The molecule has 1 atom stereocenters. The van der Waals surface area contributed by atoms with Crippen LogP contribution in [0, 0.1) is 0 Å². The van der Waals surface area contributed by atoms with Gasteiger partial charge in [0.25, 0.3) is 0 Å². The van der Waals surface area contributed by atoms with Crippen molar-refractivity contribution in [1.29, 1.82) is 0 Å². The molecular formula is C11H16O3P+. The van der Waals surface area contributed by atoms with Crippen LogP contribution in [0.4, 0.5) is 0 Å². The van der Waals surface area contributed by atoms with E-state index in [0.717, 1.165) is 5.56 Å². The van der Waals surface area contributed by atoms with Gasteiger partial charge in [-0.25, -0.2) is 0 Å².